The Bertz CT molecular complexity index is 6480. The molecule has 4 saturated heterocycles. The first kappa shape index (κ1) is 98.6. The summed E-state index contributed by atoms with van der Waals surface area (Å²) in [6.07, 6.45) is 3.17. The predicted molar refractivity (Wildman–Crippen MR) is 553 cm³/mol. The van der Waals surface area contributed by atoms with Gasteiger partial charge in [-0.15, -0.1) is 0 Å². The fraction of sp³-hybridized carbons (Fsp3) is 0.314. The highest BCUT2D eigenvalue weighted by Crippen LogP contribution is 2.55. The molecular formula is C118H123ClFN5O16. The molecule has 23 heteroatoms. The minimum absolute atomic E-state index is 0.00650. The van der Waals surface area contributed by atoms with Crippen LogP contribution in [0.25, 0.3) is 49.4 Å². The monoisotopic (exact) mass is 1920 g/mol. The number of hydrogen-bond acceptors (Lipinski definition) is 20. The third-order valence-corrected chi connectivity index (χ3v) is 28.6. The molecule has 20 rings (SSSR count). The maximum atomic E-state index is 14.8. The SMILES string of the molecule is CCC1CN(CCOc2ccc([C@@H]3Oc4c(F)cc(O)cc4C(C)=C3c3cccc(O)c3)cc2)C1.CCC1CN(CCOc2ccc([C@@H]3Oc4cc(C)c(O)cc4C(C)=C3c3cccc(O)c3)cc2)C1.CCC1CN(CCOc2ccc([C@@H]3Oc4cc(Cl)c(O)cc4C(C)=C3c3cccc(O)c3)cc2)C1.[C-]#[N+]c1cc2c(cc1O)C(C)=C(c1cccc(O)c1)[C@H](c1ccc(OCCN3CC(CC)C3)cc1)O2. The maximum Gasteiger partial charge on any atom is 0.231 e. The molecular weight excluding hydrogens is 1800 g/mol. The topological polar surface area (TPSA) is 253 Å². The number of ether oxygens (including phenoxy) is 8. The average Bonchev–Trinajstić information content (AvgIpc) is 0.737. The molecule has 4 fully saturated rings. The van der Waals surface area contributed by atoms with Gasteiger partial charge in [-0.1, -0.05) is 162 Å². The molecule has 8 aliphatic rings. The van der Waals surface area contributed by atoms with E-state index in [1.807, 2.05) is 174 Å². The molecule has 0 radical (unpaired) electrons. The Morgan fingerprint density at radius 1 is 0.333 bits per heavy atom. The summed E-state index contributed by atoms with van der Waals surface area (Å²) in [7, 11) is 0. The minimum Gasteiger partial charge on any atom is -0.519 e. The molecule has 0 amide bonds. The van der Waals surface area contributed by atoms with Crippen LogP contribution in [0.1, 0.15) is 178 Å². The number of likely N-dealkylation sites (tertiary alicyclic amines) is 4. The number of allylic oxidation sites excluding steroid dienone is 4. The third-order valence-electron chi connectivity index (χ3n) is 28.3. The molecule has 0 bridgehead atoms. The highest BCUT2D eigenvalue weighted by molar-refractivity contribution is 6.32. The van der Waals surface area contributed by atoms with E-state index in [9.17, 15) is 45.2 Å². The molecule has 12 aromatic carbocycles. The Labute approximate surface area is 829 Å². The standard InChI is InChI=1S/C30H30N2O4.C30H33NO4.C29H30ClNO4.C29H30FNO4/c1-4-20-17-32(18-20)12-13-35-24-10-8-21(9-11-24)30-29(22-6-5-7-23(33)14-22)19(2)25-15-27(34)26(31-3)16-28(25)36-30;1-4-21-17-31(18-21)12-13-34-25-10-8-22(9-11-25)30-29(23-6-5-7-24(32)15-23)20(3)26-16-27(33)19(2)14-28(26)35-30;1-3-19-16-31(17-19)11-12-34-23-9-7-20(8-10-23)29-28(21-5-4-6-22(32)13-21)18(2)24-14-26(33)25(30)15-27(24)35-29;1-3-19-16-31(17-19)11-12-34-24-9-7-20(8-10-24)28-27(21-5-4-6-22(32)13-21)18(2)25-14-23(33)15-26(30)29(25)35-28/h5-11,14-16,20,30,33-34H,4,12-13,17-18H2,1-2H3;5-11,14-16,21,30,32-33H,4,12-13,17-18H2,1-3H3;4-10,13-15,19,29,32-33H,3,11-12,16-17H2,1-2H3;4-10,13-15,19,28,32-33H,3,11-12,16-17H2,1-2H3/t2*30-;29-;28-/m0000/s1. The Kier molecular flexibility index (Phi) is 30.9. The van der Waals surface area contributed by atoms with E-state index >= 15 is 0 Å². The van der Waals surface area contributed by atoms with Gasteiger partial charge in [0.2, 0.25) is 5.69 Å². The number of benzene rings is 12. The number of aromatic hydroxyl groups is 8. The number of phenols is 8. The van der Waals surface area contributed by atoms with E-state index in [4.69, 9.17) is 56.1 Å². The lowest BCUT2D eigenvalue weighted by Crippen LogP contribution is -2.47. The number of rotatable bonds is 28. The first-order chi connectivity index (χ1) is 68.2. The molecule has 730 valence electrons. The van der Waals surface area contributed by atoms with Crippen LogP contribution in [0.4, 0.5) is 10.1 Å². The summed E-state index contributed by atoms with van der Waals surface area (Å²) in [5.41, 5.74) is 18.1. The van der Waals surface area contributed by atoms with Gasteiger partial charge in [-0.2, -0.15) is 0 Å². The molecule has 8 aliphatic heterocycles. The number of nitrogens with zero attached hydrogens (tertiary/aromatic N) is 5. The van der Waals surface area contributed by atoms with Crippen LogP contribution in [0.15, 0.2) is 243 Å². The summed E-state index contributed by atoms with van der Waals surface area (Å²) in [6, 6.07) is 72.6. The number of phenolic OH excluding ortho intramolecular Hbond substituents is 8. The Balaban J connectivity index is 0.000000130. The van der Waals surface area contributed by atoms with Crippen LogP contribution >= 0.6 is 11.6 Å². The van der Waals surface area contributed by atoms with Crippen LogP contribution in [-0.4, -0.2) is 165 Å². The van der Waals surface area contributed by atoms with Gasteiger partial charge in [-0.25, -0.2) is 9.24 Å². The van der Waals surface area contributed by atoms with Gasteiger partial charge in [0.1, 0.15) is 137 Å². The van der Waals surface area contributed by atoms with Gasteiger partial charge >= 0.3 is 0 Å². The summed E-state index contributed by atoms with van der Waals surface area (Å²) in [6.45, 7) is 41.8. The molecule has 8 heterocycles. The van der Waals surface area contributed by atoms with Gasteiger partial charge < -0.3 is 78.7 Å². The number of halogens is 2. The minimum atomic E-state index is -0.615. The summed E-state index contributed by atoms with van der Waals surface area (Å²) in [5, 5.41) is 81.6. The lowest BCUT2D eigenvalue weighted by molar-refractivity contribution is 0.0805. The number of fused-ring (bicyclic) bond motifs is 4. The zero-order valence-corrected chi connectivity index (χ0v) is 81.9. The van der Waals surface area contributed by atoms with Gasteiger partial charge in [0.15, 0.2) is 11.6 Å². The second kappa shape index (κ2) is 44.2. The van der Waals surface area contributed by atoms with Crippen molar-refractivity contribution < 1.29 is 83.1 Å². The molecule has 0 aliphatic carbocycles. The molecule has 0 unspecified atom stereocenters. The van der Waals surface area contributed by atoms with Crippen LogP contribution in [0, 0.1) is 43.0 Å². The molecule has 8 N–H and O–H groups in total. The van der Waals surface area contributed by atoms with Crippen LogP contribution in [0.5, 0.6) is 92.0 Å². The van der Waals surface area contributed by atoms with Gasteiger partial charge in [0, 0.05) is 135 Å². The normalized spacial score (nSPS) is 18.0. The van der Waals surface area contributed by atoms with Crippen molar-refractivity contribution in [1.29, 1.82) is 0 Å². The smallest absolute Gasteiger partial charge is 0.231 e. The molecule has 21 nitrogen and oxygen atoms in total. The predicted octanol–water partition coefficient (Wildman–Crippen LogP) is 25.2. The largest absolute Gasteiger partial charge is 0.519 e. The van der Waals surface area contributed by atoms with Crippen LogP contribution in [0.2, 0.25) is 5.02 Å². The molecule has 12 aromatic rings. The molecule has 0 saturated carbocycles. The first-order valence-electron chi connectivity index (χ1n) is 48.9. The highest BCUT2D eigenvalue weighted by Gasteiger charge is 2.38. The van der Waals surface area contributed by atoms with E-state index in [1.54, 1.807) is 91.0 Å². The summed E-state index contributed by atoms with van der Waals surface area (Å²) in [5.74, 6) is 8.66. The van der Waals surface area contributed by atoms with E-state index in [0.29, 0.717) is 43.5 Å². The molecule has 0 spiro atoms. The quantitative estimate of drug-likeness (QED) is 0.0212. The second-order valence-electron chi connectivity index (χ2n) is 37.8. The van der Waals surface area contributed by atoms with Crippen molar-refractivity contribution in [3.05, 3.63) is 337 Å². The van der Waals surface area contributed by atoms with E-state index < -0.39 is 24.1 Å². The zero-order chi connectivity index (χ0) is 98.8. The fourth-order valence-electron chi connectivity index (χ4n) is 19.8. The van der Waals surface area contributed by atoms with Gasteiger partial charge in [0.05, 0.1) is 11.6 Å². The van der Waals surface area contributed by atoms with Gasteiger partial charge in [-0.3, -0.25) is 19.6 Å². The maximum absolute atomic E-state index is 14.8. The second-order valence-corrected chi connectivity index (χ2v) is 38.2. The van der Waals surface area contributed by atoms with Crippen LogP contribution < -0.4 is 37.9 Å². The van der Waals surface area contributed by atoms with Crippen LogP contribution in [0.3, 0.4) is 0 Å². The van der Waals surface area contributed by atoms with Crippen molar-refractivity contribution in [3.63, 3.8) is 0 Å². The highest BCUT2D eigenvalue weighted by atomic mass is 35.5. The van der Waals surface area contributed by atoms with Gasteiger partial charge in [0.25, 0.3) is 0 Å². The first-order valence-corrected chi connectivity index (χ1v) is 49.2. The average molecular weight is 1920 g/mol. The summed E-state index contributed by atoms with van der Waals surface area (Å²) < 4.78 is 64.3. The van der Waals surface area contributed by atoms with E-state index in [2.05, 4.69) is 52.1 Å². The summed E-state index contributed by atoms with van der Waals surface area (Å²) >= 11 is 6.18. The van der Waals surface area contributed by atoms with Crippen molar-refractivity contribution in [1.82, 2.24) is 19.6 Å². The van der Waals surface area contributed by atoms with Crippen molar-refractivity contribution in [2.45, 2.75) is 112 Å². The number of aryl methyl sites for hydroxylation is 1. The Morgan fingerprint density at radius 3 is 0.936 bits per heavy atom. The third kappa shape index (κ3) is 22.7. The van der Waals surface area contributed by atoms with Crippen LogP contribution in [-0.2, 0) is 0 Å². The zero-order valence-electron chi connectivity index (χ0n) is 81.2. The Morgan fingerprint density at radius 2 is 0.624 bits per heavy atom. The molecule has 0 aromatic heterocycles. The molecule has 141 heavy (non-hydrogen) atoms. The fourth-order valence-corrected chi connectivity index (χ4v) is 20.0. The lowest BCUT2D eigenvalue weighted by atomic mass is 9.85. The number of hydrogen-bond donors (Lipinski definition) is 8. The van der Waals surface area contributed by atoms with E-state index in [0.717, 1.165) is 222 Å². The van der Waals surface area contributed by atoms with E-state index in [1.165, 1.54) is 57.9 Å². The molecule has 4 atom stereocenters. The van der Waals surface area contributed by atoms with Crippen molar-refractivity contribution in [2.24, 2.45) is 23.7 Å². The summed E-state index contributed by atoms with van der Waals surface area (Å²) in [4.78, 5) is 13.1. The van der Waals surface area contributed by atoms with Crippen molar-refractivity contribution >= 4 is 61.9 Å². The Hall–Kier alpha value is -14.1. The van der Waals surface area contributed by atoms with Crippen molar-refractivity contribution in [2.75, 3.05) is 105 Å². The van der Waals surface area contributed by atoms with E-state index in [-0.39, 0.29) is 68.6 Å². The lowest BCUT2D eigenvalue weighted by Gasteiger charge is -2.38. The van der Waals surface area contributed by atoms with Crippen molar-refractivity contribution in [3.8, 4) is 92.0 Å². The van der Waals surface area contributed by atoms with Gasteiger partial charge in [-0.05, 0) is 264 Å².